The predicted molar refractivity (Wildman–Crippen MR) is 80.5 cm³/mol. The molecule has 1 aliphatic heterocycles. The molecule has 1 atom stereocenters. The van der Waals surface area contributed by atoms with Crippen LogP contribution in [0.1, 0.15) is 19.3 Å². The molecule has 1 saturated heterocycles. The van der Waals surface area contributed by atoms with E-state index in [9.17, 15) is 8.42 Å². The number of aromatic nitrogens is 1. The van der Waals surface area contributed by atoms with Crippen molar-refractivity contribution in [3.05, 3.63) is 24.5 Å². The fraction of sp³-hybridized carbons (Fsp3) is 0.643. The fourth-order valence-corrected chi connectivity index (χ4v) is 4.23. The van der Waals surface area contributed by atoms with E-state index in [1.807, 2.05) is 0 Å². The SMILES string of the molecule is COCCNCC1CCCCN1S(=O)(=O)c1cccnc1. The number of piperidine rings is 1. The summed E-state index contributed by atoms with van der Waals surface area (Å²) in [7, 11) is -1.80. The number of pyridine rings is 1. The molecule has 1 N–H and O–H groups in total. The van der Waals surface area contributed by atoms with Gasteiger partial charge in [-0.15, -0.1) is 0 Å². The minimum absolute atomic E-state index is 0.000752. The summed E-state index contributed by atoms with van der Waals surface area (Å²) in [6, 6.07) is 3.26. The zero-order chi connectivity index (χ0) is 15.1. The van der Waals surface area contributed by atoms with Crippen molar-refractivity contribution in [3.63, 3.8) is 0 Å². The largest absolute Gasteiger partial charge is 0.383 e. The van der Waals surface area contributed by atoms with Gasteiger partial charge in [0.25, 0.3) is 0 Å². The third kappa shape index (κ3) is 4.23. The molecule has 7 heteroatoms. The van der Waals surface area contributed by atoms with Gasteiger partial charge in [0, 0.05) is 45.2 Å². The number of hydrogen-bond acceptors (Lipinski definition) is 5. The normalized spacial score (nSPS) is 20.5. The Morgan fingerprint density at radius 3 is 3.05 bits per heavy atom. The highest BCUT2D eigenvalue weighted by Crippen LogP contribution is 2.24. The molecule has 21 heavy (non-hydrogen) atoms. The van der Waals surface area contributed by atoms with Crippen molar-refractivity contribution in [3.8, 4) is 0 Å². The van der Waals surface area contributed by atoms with Crippen LogP contribution in [0.25, 0.3) is 0 Å². The first-order valence-corrected chi connectivity index (χ1v) is 8.72. The molecule has 1 fully saturated rings. The fourth-order valence-electron chi connectivity index (χ4n) is 2.57. The molecular formula is C14H23N3O3S. The molecule has 2 rings (SSSR count). The van der Waals surface area contributed by atoms with Crippen LogP contribution in [0.15, 0.2) is 29.4 Å². The summed E-state index contributed by atoms with van der Waals surface area (Å²) in [5.41, 5.74) is 0. The first-order valence-electron chi connectivity index (χ1n) is 7.28. The molecule has 0 bridgehead atoms. The van der Waals surface area contributed by atoms with Crippen LogP contribution in [0, 0.1) is 0 Å². The van der Waals surface area contributed by atoms with Gasteiger partial charge < -0.3 is 10.1 Å². The van der Waals surface area contributed by atoms with E-state index in [1.165, 1.54) is 6.20 Å². The molecule has 1 aromatic heterocycles. The molecule has 0 aliphatic carbocycles. The summed E-state index contributed by atoms with van der Waals surface area (Å²) in [6.45, 7) is 2.59. The van der Waals surface area contributed by atoms with E-state index < -0.39 is 10.0 Å². The number of methoxy groups -OCH3 is 1. The summed E-state index contributed by atoms with van der Waals surface area (Å²) >= 11 is 0. The van der Waals surface area contributed by atoms with E-state index in [2.05, 4.69) is 10.3 Å². The first kappa shape index (κ1) is 16.4. The van der Waals surface area contributed by atoms with Gasteiger partial charge in [-0.05, 0) is 25.0 Å². The second-order valence-corrected chi connectivity index (χ2v) is 7.04. The number of ether oxygens (including phenoxy) is 1. The minimum Gasteiger partial charge on any atom is -0.383 e. The van der Waals surface area contributed by atoms with Gasteiger partial charge in [-0.3, -0.25) is 4.98 Å². The average molecular weight is 313 g/mol. The Labute approximate surface area is 126 Å². The van der Waals surface area contributed by atoms with Crippen LogP contribution in [-0.4, -0.2) is 57.1 Å². The highest BCUT2D eigenvalue weighted by atomic mass is 32.2. The van der Waals surface area contributed by atoms with Crippen LogP contribution in [0.4, 0.5) is 0 Å². The Balaban J connectivity index is 2.07. The molecule has 1 aromatic rings. The lowest BCUT2D eigenvalue weighted by Gasteiger charge is -2.34. The molecule has 0 radical (unpaired) electrons. The van der Waals surface area contributed by atoms with Gasteiger partial charge in [0.15, 0.2) is 0 Å². The van der Waals surface area contributed by atoms with E-state index in [0.29, 0.717) is 19.7 Å². The van der Waals surface area contributed by atoms with Crippen LogP contribution >= 0.6 is 0 Å². The lowest BCUT2D eigenvalue weighted by Crippen LogP contribution is -2.48. The second-order valence-electron chi connectivity index (χ2n) is 5.15. The standard InChI is InChI=1S/C14H23N3O3S/c1-20-10-8-16-11-13-5-2-3-9-17(13)21(18,19)14-6-4-7-15-12-14/h4,6-7,12-13,16H,2-3,5,8-11H2,1H3. The van der Waals surface area contributed by atoms with Crippen LogP contribution in [-0.2, 0) is 14.8 Å². The van der Waals surface area contributed by atoms with Crippen molar-refractivity contribution in [2.45, 2.75) is 30.2 Å². The zero-order valence-electron chi connectivity index (χ0n) is 12.4. The molecule has 1 aliphatic rings. The molecule has 118 valence electrons. The maximum Gasteiger partial charge on any atom is 0.244 e. The smallest absolute Gasteiger partial charge is 0.244 e. The number of sulfonamides is 1. The van der Waals surface area contributed by atoms with Gasteiger partial charge >= 0.3 is 0 Å². The summed E-state index contributed by atoms with van der Waals surface area (Å²) in [6.07, 6.45) is 5.86. The zero-order valence-corrected chi connectivity index (χ0v) is 13.2. The monoisotopic (exact) mass is 313 g/mol. The van der Waals surface area contributed by atoms with Crippen LogP contribution < -0.4 is 5.32 Å². The predicted octanol–water partition coefficient (Wildman–Crippen LogP) is 0.861. The summed E-state index contributed by atoms with van der Waals surface area (Å²) < 4.78 is 32.1. The molecule has 6 nitrogen and oxygen atoms in total. The second kappa shape index (κ2) is 7.84. The summed E-state index contributed by atoms with van der Waals surface area (Å²) in [4.78, 5) is 4.19. The lowest BCUT2D eigenvalue weighted by molar-refractivity contribution is 0.191. The third-order valence-corrected chi connectivity index (χ3v) is 5.61. The molecule has 0 amide bonds. The Kier molecular flexibility index (Phi) is 6.10. The van der Waals surface area contributed by atoms with E-state index in [0.717, 1.165) is 25.8 Å². The van der Waals surface area contributed by atoms with Gasteiger partial charge in [0.1, 0.15) is 4.90 Å². The third-order valence-electron chi connectivity index (χ3n) is 3.68. The van der Waals surface area contributed by atoms with E-state index >= 15 is 0 Å². The Morgan fingerprint density at radius 2 is 2.33 bits per heavy atom. The molecule has 0 saturated carbocycles. The highest BCUT2D eigenvalue weighted by molar-refractivity contribution is 7.89. The maximum absolute atomic E-state index is 12.7. The molecular weight excluding hydrogens is 290 g/mol. The lowest BCUT2D eigenvalue weighted by atomic mass is 10.1. The Morgan fingerprint density at radius 1 is 1.48 bits per heavy atom. The van der Waals surface area contributed by atoms with E-state index in [4.69, 9.17) is 4.74 Å². The van der Waals surface area contributed by atoms with Crippen molar-refractivity contribution < 1.29 is 13.2 Å². The highest BCUT2D eigenvalue weighted by Gasteiger charge is 2.33. The molecule has 1 unspecified atom stereocenters. The summed E-state index contributed by atoms with van der Waals surface area (Å²) in [5, 5.41) is 3.26. The Bertz CT molecular complexity index is 522. The van der Waals surface area contributed by atoms with Crippen molar-refractivity contribution in [2.24, 2.45) is 0 Å². The van der Waals surface area contributed by atoms with Crippen molar-refractivity contribution >= 4 is 10.0 Å². The van der Waals surface area contributed by atoms with Gasteiger partial charge in [-0.25, -0.2) is 8.42 Å². The Hall–Kier alpha value is -1.02. The molecule has 0 aromatic carbocycles. The van der Waals surface area contributed by atoms with Gasteiger partial charge in [0.2, 0.25) is 10.0 Å². The number of nitrogens with zero attached hydrogens (tertiary/aromatic N) is 2. The van der Waals surface area contributed by atoms with Crippen molar-refractivity contribution in [1.29, 1.82) is 0 Å². The van der Waals surface area contributed by atoms with Crippen LogP contribution in [0.3, 0.4) is 0 Å². The quantitative estimate of drug-likeness (QED) is 0.756. The van der Waals surface area contributed by atoms with Gasteiger partial charge in [-0.2, -0.15) is 4.31 Å². The van der Waals surface area contributed by atoms with Crippen LogP contribution in [0.5, 0.6) is 0 Å². The average Bonchev–Trinajstić information content (AvgIpc) is 2.53. The van der Waals surface area contributed by atoms with Crippen molar-refractivity contribution in [1.82, 2.24) is 14.6 Å². The number of rotatable bonds is 7. The minimum atomic E-state index is -3.45. The van der Waals surface area contributed by atoms with Crippen LogP contribution in [0.2, 0.25) is 0 Å². The van der Waals surface area contributed by atoms with Gasteiger partial charge in [-0.1, -0.05) is 6.42 Å². The maximum atomic E-state index is 12.7. The van der Waals surface area contributed by atoms with Gasteiger partial charge in [0.05, 0.1) is 6.61 Å². The van der Waals surface area contributed by atoms with Crippen molar-refractivity contribution in [2.75, 3.05) is 33.4 Å². The topological polar surface area (TPSA) is 71.5 Å². The molecule has 2 heterocycles. The van der Waals surface area contributed by atoms with E-state index in [-0.39, 0.29) is 10.9 Å². The summed E-state index contributed by atoms with van der Waals surface area (Å²) in [5.74, 6) is 0. The van der Waals surface area contributed by atoms with E-state index in [1.54, 1.807) is 29.7 Å². The number of nitrogens with one attached hydrogen (secondary N) is 1. The molecule has 0 spiro atoms. The number of hydrogen-bond donors (Lipinski definition) is 1. The first-order chi connectivity index (χ1) is 10.2.